The Bertz CT molecular complexity index is 805. The summed E-state index contributed by atoms with van der Waals surface area (Å²) >= 11 is 0. The molecule has 0 fully saturated rings. The molecule has 0 bridgehead atoms. The summed E-state index contributed by atoms with van der Waals surface area (Å²) in [5.41, 5.74) is 0.883. The predicted octanol–water partition coefficient (Wildman–Crippen LogP) is 3.63. The van der Waals surface area contributed by atoms with Crippen molar-refractivity contribution in [3.05, 3.63) is 70.8 Å². The van der Waals surface area contributed by atoms with Gasteiger partial charge in [0.25, 0.3) is 5.91 Å². The van der Waals surface area contributed by atoms with E-state index in [2.05, 4.69) is 16.0 Å². The van der Waals surface area contributed by atoms with Crippen molar-refractivity contribution < 1.29 is 22.8 Å². The maximum atomic E-state index is 12.8. The van der Waals surface area contributed by atoms with Crippen molar-refractivity contribution in [3.8, 4) is 0 Å². The summed E-state index contributed by atoms with van der Waals surface area (Å²) in [4.78, 5) is 23.5. The van der Waals surface area contributed by atoms with Crippen LogP contribution in [-0.2, 0) is 12.7 Å². The second kappa shape index (κ2) is 8.57. The third-order valence-electron chi connectivity index (χ3n) is 3.96. The minimum atomic E-state index is -4.43. The smallest absolute Gasteiger partial charge is 0.355 e. The van der Waals surface area contributed by atoms with Gasteiger partial charge in [-0.3, -0.25) is 4.79 Å². The molecule has 0 heterocycles. The molecule has 2 aromatic rings. The van der Waals surface area contributed by atoms with E-state index < -0.39 is 23.8 Å². The summed E-state index contributed by atoms with van der Waals surface area (Å²) in [5, 5.41) is 7.75. The van der Waals surface area contributed by atoms with Crippen LogP contribution in [0.4, 0.5) is 18.0 Å². The van der Waals surface area contributed by atoms with E-state index >= 15 is 0 Å². The Morgan fingerprint density at radius 3 is 2.33 bits per heavy atom. The topological polar surface area (TPSA) is 70.2 Å². The van der Waals surface area contributed by atoms with Crippen molar-refractivity contribution in [1.29, 1.82) is 0 Å². The number of benzene rings is 2. The third-order valence-corrected chi connectivity index (χ3v) is 3.96. The molecule has 0 saturated carbocycles. The molecule has 3 N–H and O–H groups in total. The number of carbonyl (C=O) groups excluding carboxylic acids is 2. The Balaban J connectivity index is 1.91. The Morgan fingerprint density at radius 2 is 1.74 bits per heavy atom. The highest BCUT2D eigenvalue weighted by Gasteiger charge is 2.30. The van der Waals surface area contributed by atoms with E-state index in [1.165, 1.54) is 19.2 Å². The van der Waals surface area contributed by atoms with Crippen LogP contribution >= 0.6 is 0 Å². The Morgan fingerprint density at radius 1 is 1.07 bits per heavy atom. The molecule has 144 valence electrons. The lowest BCUT2D eigenvalue weighted by Crippen LogP contribution is -2.36. The fraction of sp³-hybridized carbons (Fsp3) is 0.263. The van der Waals surface area contributed by atoms with Gasteiger partial charge >= 0.3 is 12.2 Å². The second-order valence-corrected chi connectivity index (χ2v) is 5.95. The van der Waals surface area contributed by atoms with Gasteiger partial charge in [-0.05, 0) is 42.3 Å². The molecular weight excluding hydrogens is 359 g/mol. The minimum Gasteiger partial charge on any atom is -0.355 e. The summed E-state index contributed by atoms with van der Waals surface area (Å²) in [6.07, 6.45) is -4.43. The molecule has 0 aliphatic heterocycles. The average molecular weight is 379 g/mol. The van der Waals surface area contributed by atoms with E-state index in [1.54, 1.807) is 31.2 Å². The Hall–Kier alpha value is -3.03. The summed E-state index contributed by atoms with van der Waals surface area (Å²) < 4.78 is 38.3. The van der Waals surface area contributed by atoms with Crippen LogP contribution in [0.15, 0.2) is 48.5 Å². The fourth-order valence-electron chi connectivity index (χ4n) is 2.42. The molecular formula is C19H20F3N3O2. The summed E-state index contributed by atoms with van der Waals surface area (Å²) in [6, 6.07) is 10.4. The van der Waals surface area contributed by atoms with E-state index in [0.29, 0.717) is 11.1 Å². The molecule has 0 radical (unpaired) electrons. The maximum Gasteiger partial charge on any atom is 0.416 e. The van der Waals surface area contributed by atoms with Crippen molar-refractivity contribution in [2.45, 2.75) is 25.7 Å². The van der Waals surface area contributed by atoms with Gasteiger partial charge in [-0.15, -0.1) is 0 Å². The van der Waals surface area contributed by atoms with Crippen LogP contribution in [0, 0.1) is 0 Å². The quantitative estimate of drug-likeness (QED) is 0.743. The summed E-state index contributed by atoms with van der Waals surface area (Å²) in [7, 11) is 1.54. The van der Waals surface area contributed by atoms with Crippen molar-refractivity contribution in [1.82, 2.24) is 16.0 Å². The lowest BCUT2D eigenvalue weighted by Gasteiger charge is -2.17. The number of hydrogen-bond donors (Lipinski definition) is 3. The van der Waals surface area contributed by atoms with Gasteiger partial charge in [-0.1, -0.05) is 24.3 Å². The number of alkyl halides is 3. The summed E-state index contributed by atoms with van der Waals surface area (Å²) in [5.74, 6) is -0.206. The molecule has 0 aromatic heterocycles. The van der Waals surface area contributed by atoms with Crippen molar-refractivity contribution in [2.75, 3.05) is 7.05 Å². The van der Waals surface area contributed by atoms with Crippen molar-refractivity contribution in [3.63, 3.8) is 0 Å². The number of carbonyl (C=O) groups is 2. The SMILES string of the molecule is CNC(=O)c1ccc(CNC(=O)NC(C)c2cccc(C(F)(F)F)c2)cc1. The summed E-state index contributed by atoms with van der Waals surface area (Å²) in [6.45, 7) is 1.82. The molecule has 0 spiro atoms. The highest BCUT2D eigenvalue weighted by molar-refractivity contribution is 5.93. The molecule has 0 saturated heterocycles. The third kappa shape index (κ3) is 5.73. The monoisotopic (exact) mass is 379 g/mol. The number of urea groups is 1. The van der Waals surface area contributed by atoms with E-state index in [4.69, 9.17) is 0 Å². The molecule has 0 aliphatic rings. The zero-order valence-corrected chi connectivity index (χ0v) is 14.9. The minimum absolute atomic E-state index is 0.206. The van der Waals surface area contributed by atoms with Crippen LogP contribution in [-0.4, -0.2) is 19.0 Å². The van der Waals surface area contributed by atoms with Crippen molar-refractivity contribution >= 4 is 11.9 Å². The van der Waals surface area contributed by atoms with Crippen LogP contribution < -0.4 is 16.0 Å². The fourth-order valence-corrected chi connectivity index (χ4v) is 2.42. The first-order valence-electron chi connectivity index (χ1n) is 8.23. The van der Waals surface area contributed by atoms with Gasteiger partial charge in [0.2, 0.25) is 0 Å². The van der Waals surface area contributed by atoms with Gasteiger partial charge in [0.15, 0.2) is 0 Å². The van der Waals surface area contributed by atoms with Crippen LogP contribution in [0.1, 0.15) is 40.0 Å². The van der Waals surface area contributed by atoms with Gasteiger partial charge in [0, 0.05) is 19.2 Å². The zero-order valence-electron chi connectivity index (χ0n) is 14.9. The molecule has 8 heteroatoms. The van der Waals surface area contributed by atoms with Gasteiger partial charge in [0.1, 0.15) is 0 Å². The predicted molar refractivity (Wildman–Crippen MR) is 95.1 cm³/mol. The van der Waals surface area contributed by atoms with Crippen LogP contribution in [0.2, 0.25) is 0 Å². The standard InChI is InChI=1S/C19H20F3N3O2/c1-12(15-4-3-5-16(10-15)19(20,21)22)25-18(27)24-11-13-6-8-14(9-7-13)17(26)23-2/h3-10,12H,11H2,1-2H3,(H,23,26)(H2,24,25,27). The average Bonchev–Trinajstić information content (AvgIpc) is 2.65. The van der Waals surface area contributed by atoms with Crippen molar-refractivity contribution in [2.24, 2.45) is 0 Å². The molecule has 2 rings (SSSR count). The largest absolute Gasteiger partial charge is 0.416 e. The van der Waals surface area contributed by atoms with Crippen LogP contribution in [0.3, 0.4) is 0 Å². The Kier molecular flexibility index (Phi) is 6.44. The van der Waals surface area contributed by atoms with Gasteiger partial charge < -0.3 is 16.0 Å². The van der Waals surface area contributed by atoms with E-state index in [0.717, 1.165) is 17.7 Å². The van der Waals surface area contributed by atoms with Gasteiger partial charge in [0.05, 0.1) is 11.6 Å². The molecule has 27 heavy (non-hydrogen) atoms. The highest BCUT2D eigenvalue weighted by atomic mass is 19.4. The number of rotatable bonds is 5. The molecule has 2 aromatic carbocycles. The first-order chi connectivity index (χ1) is 12.7. The number of halogens is 3. The number of amides is 3. The molecule has 1 atom stereocenters. The lowest BCUT2D eigenvalue weighted by molar-refractivity contribution is -0.137. The van der Waals surface area contributed by atoms with Gasteiger partial charge in [-0.2, -0.15) is 13.2 Å². The van der Waals surface area contributed by atoms with E-state index in [9.17, 15) is 22.8 Å². The van der Waals surface area contributed by atoms with E-state index in [1.807, 2.05) is 0 Å². The maximum absolute atomic E-state index is 12.8. The first kappa shape index (κ1) is 20.3. The zero-order chi connectivity index (χ0) is 20.0. The second-order valence-electron chi connectivity index (χ2n) is 5.95. The Labute approximate surface area is 155 Å². The van der Waals surface area contributed by atoms with E-state index in [-0.39, 0.29) is 12.5 Å². The number of nitrogens with one attached hydrogen (secondary N) is 3. The molecule has 5 nitrogen and oxygen atoms in total. The lowest BCUT2D eigenvalue weighted by atomic mass is 10.1. The first-order valence-corrected chi connectivity index (χ1v) is 8.23. The molecule has 3 amide bonds. The number of hydrogen-bond acceptors (Lipinski definition) is 2. The molecule has 1 unspecified atom stereocenters. The van der Waals surface area contributed by atoms with Crippen LogP contribution in [0.5, 0.6) is 0 Å². The normalized spacial score (nSPS) is 12.2. The highest BCUT2D eigenvalue weighted by Crippen LogP contribution is 2.30. The van der Waals surface area contributed by atoms with Crippen LogP contribution in [0.25, 0.3) is 0 Å². The molecule has 0 aliphatic carbocycles. The van der Waals surface area contributed by atoms with Gasteiger partial charge in [-0.25, -0.2) is 4.79 Å².